The average molecular weight is 215 g/mol. The van der Waals surface area contributed by atoms with Crippen LogP contribution in [0.1, 0.15) is 18.6 Å². The van der Waals surface area contributed by atoms with Gasteiger partial charge < -0.3 is 9.84 Å². The van der Waals surface area contributed by atoms with Gasteiger partial charge in [-0.3, -0.25) is 4.98 Å². The van der Waals surface area contributed by atoms with Crippen molar-refractivity contribution in [1.29, 1.82) is 0 Å². The first-order valence-corrected chi connectivity index (χ1v) is 5.11. The minimum atomic E-state index is -0.0650. The van der Waals surface area contributed by atoms with Gasteiger partial charge in [0.2, 0.25) is 0 Å². The van der Waals surface area contributed by atoms with Crippen LogP contribution in [0.4, 0.5) is 0 Å². The number of phenolic OH excluding ortho intramolecular Hbond substituents is 1. The number of aromatic nitrogens is 1. The summed E-state index contributed by atoms with van der Waals surface area (Å²) in [6.45, 7) is 1.96. The Kier molecular flexibility index (Phi) is 3.05. The quantitative estimate of drug-likeness (QED) is 0.855. The predicted octanol–water partition coefficient (Wildman–Crippen LogP) is 2.93. The summed E-state index contributed by atoms with van der Waals surface area (Å²) in [5.41, 5.74) is 1.05. The van der Waals surface area contributed by atoms with Crippen LogP contribution in [0.3, 0.4) is 0 Å². The first-order chi connectivity index (χ1) is 7.75. The molecule has 0 fully saturated rings. The molecule has 0 amide bonds. The molecule has 0 aliphatic heterocycles. The van der Waals surface area contributed by atoms with Gasteiger partial charge in [-0.2, -0.15) is 0 Å². The van der Waals surface area contributed by atoms with Gasteiger partial charge in [0, 0.05) is 18.5 Å². The second-order valence-corrected chi connectivity index (χ2v) is 3.54. The summed E-state index contributed by atoms with van der Waals surface area (Å²) in [6, 6.07) is 10.6. The van der Waals surface area contributed by atoms with E-state index in [0.29, 0.717) is 5.75 Å². The van der Waals surface area contributed by atoms with Crippen molar-refractivity contribution in [3.8, 4) is 11.5 Å². The lowest BCUT2D eigenvalue weighted by Crippen LogP contribution is -2.02. The second-order valence-electron chi connectivity index (χ2n) is 3.54. The van der Waals surface area contributed by atoms with Gasteiger partial charge in [-0.15, -0.1) is 0 Å². The molecule has 2 rings (SSSR count). The van der Waals surface area contributed by atoms with Gasteiger partial charge in [-0.1, -0.05) is 6.07 Å². The highest BCUT2D eigenvalue weighted by atomic mass is 16.5. The van der Waals surface area contributed by atoms with E-state index in [0.717, 1.165) is 5.56 Å². The average Bonchev–Trinajstić information content (AvgIpc) is 2.30. The van der Waals surface area contributed by atoms with Gasteiger partial charge in [0.05, 0.1) is 0 Å². The molecule has 0 aliphatic rings. The monoisotopic (exact) mass is 215 g/mol. The Bertz CT molecular complexity index is 456. The summed E-state index contributed by atoms with van der Waals surface area (Å²) in [5, 5.41) is 9.31. The maximum atomic E-state index is 9.31. The molecule has 1 aromatic carbocycles. The number of benzene rings is 1. The van der Waals surface area contributed by atoms with E-state index >= 15 is 0 Å². The third-order valence-corrected chi connectivity index (χ3v) is 2.31. The van der Waals surface area contributed by atoms with E-state index in [1.54, 1.807) is 30.6 Å². The van der Waals surface area contributed by atoms with Crippen molar-refractivity contribution in [3.63, 3.8) is 0 Å². The topological polar surface area (TPSA) is 42.4 Å². The lowest BCUT2D eigenvalue weighted by molar-refractivity contribution is 0.226. The van der Waals surface area contributed by atoms with Crippen molar-refractivity contribution in [2.45, 2.75) is 13.0 Å². The lowest BCUT2D eigenvalue weighted by Gasteiger charge is -2.14. The van der Waals surface area contributed by atoms with Gasteiger partial charge >= 0.3 is 0 Å². The van der Waals surface area contributed by atoms with Crippen molar-refractivity contribution in [2.24, 2.45) is 0 Å². The fourth-order valence-electron chi connectivity index (χ4n) is 1.46. The molecular weight excluding hydrogens is 202 g/mol. The molecular formula is C13H13NO2. The first kappa shape index (κ1) is 10.5. The fourth-order valence-corrected chi connectivity index (χ4v) is 1.46. The normalized spacial score (nSPS) is 12.1. The molecule has 0 spiro atoms. The fraction of sp³-hybridized carbons (Fsp3) is 0.154. The number of phenols is 1. The molecule has 2 aromatic rings. The lowest BCUT2D eigenvalue weighted by atomic mass is 10.2. The van der Waals surface area contributed by atoms with Crippen LogP contribution in [-0.4, -0.2) is 10.1 Å². The molecule has 1 atom stereocenters. The smallest absolute Gasteiger partial charge is 0.123 e. The molecule has 1 heterocycles. The Morgan fingerprint density at radius 3 is 2.62 bits per heavy atom. The van der Waals surface area contributed by atoms with Crippen molar-refractivity contribution in [1.82, 2.24) is 4.98 Å². The van der Waals surface area contributed by atoms with E-state index in [2.05, 4.69) is 4.98 Å². The standard InChI is InChI=1S/C13H13NO2/c1-10(11-5-7-14-8-6-11)16-13-4-2-3-12(15)9-13/h2-10,15H,1H3. The van der Waals surface area contributed by atoms with Crippen LogP contribution >= 0.6 is 0 Å². The molecule has 0 saturated heterocycles. The molecule has 16 heavy (non-hydrogen) atoms. The molecule has 0 radical (unpaired) electrons. The van der Waals surface area contributed by atoms with Crippen LogP contribution in [0, 0.1) is 0 Å². The summed E-state index contributed by atoms with van der Waals surface area (Å²) in [6.07, 6.45) is 3.40. The number of hydrogen-bond donors (Lipinski definition) is 1. The van der Waals surface area contributed by atoms with Crippen molar-refractivity contribution < 1.29 is 9.84 Å². The Balaban J connectivity index is 2.11. The van der Waals surface area contributed by atoms with Gasteiger partial charge in [0.15, 0.2) is 0 Å². The largest absolute Gasteiger partial charge is 0.508 e. The Morgan fingerprint density at radius 1 is 1.19 bits per heavy atom. The Morgan fingerprint density at radius 2 is 1.94 bits per heavy atom. The number of aromatic hydroxyl groups is 1. The molecule has 1 N–H and O–H groups in total. The maximum absolute atomic E-state index is 9.31. The zero-order valence-corrected chi connectivity index (χ0v) is 9.00. The molecule has 1 aromatic heterocycles. The summed E-state index contributed by atoms with van der Waals surface area (Å²) in [4.78, 5) is 3.95. The van der Waals surface area contributed by atoms with Crippen LogP contribution in [0.5, 0.6) is 11.5 Å². The number of nitrogens with zero attached hydrogens (tertiary/aromatic N) is 1. The number of hydrogen-bond acceptors (Lipinski definition) is 3. The van der Waals surface area contributed by atoms with Crippen LogP contribution in [-0.2, 0) is 0 Å². The highest BCUT2D eigenvalue weighted by molar-refractivity contribution is 5.32. The van der Waals surface area contributed by atoms with Gasteiger partial charge in [-0.25, -0.2) is 0 Å². The minimum Gasteiger partial charge on any atom is -0.508 e. The van der Waals surface area contributed by atoms with E-state index < -0.39 is 0 Å². The Labute approximate surface area is 94.3 Å². The number of ether oxygens (including phenoxy) is 1. The molecule has 82 valence electrons. The third-order valence-electron chi connectivity index (χ3n) is 2.31. The van der Waals surface area contributed by atoms with E-state index in [4.69, 9.17) is 4.74 Å². The Hall–Kier alpha value is -2.03. The van der Waals surface area contributed by atoms with E-state index in [-0.39, 0.29) is 11.9 Å². The van der Waals surface area contributed by atoms with Gasteiger partial charge in [0.1, 0.15) is 17.6 Å². The molecule has 0 aliphatic carbocycles. The summed E-state index contributed by atoms with van der Waals surface area (Å²) in [7, 11) is 0. The summed E-state index contributed by atoms with van der Waals surface area (Å²) < 4.78 is 5.69. The van der Waals surface area contributed by atoms with Crippen molar-refractivity contribution in [3.05, 3.63) is 54.4 Å². The molecule has 1 unspecified atom stereocenters. The van der Waals surface area contributed by atoms with Crippen LogP contribution in [0.2, 0.25) is 0 Å². The van der Waals surface area contributed by atoms with Crippen molar-refractivity contribution >= 4 is 0 Å². The zero-order chi connectivity index (χ0) is 11.4. The van der Waals surface area contributed by atoms with Crippen LogP contribution in [0.15, 0.2) is 48.8 Å². The number of pyridine rings is 1. The summed E-state index contributed by atoms with van der Waals surface area (Å²) >= 11 is 0. The van der Waals surface area contributed by atoms with Crippen molar-refractivity contribution in [2.75, 3.05) is 0 Å². The van der Waals surface area contributed by atoms with Gasteiger partial charge in [0.25, 0.3) is 0 Å². The molecule has 0 bridgehead atoms. The zero-order valence-electron chi connectivity index (χ0n) is 9.00. The third kappa shape index (κ3) is 2.51. The van der Waals surface area contributed by atoms with Crippen LogP contribution in [0.25, 0.3) is 0 Å². The predicted molar refractivity (Wildman–Crippen MR) is 61.4 cm³/mol. The minimum absolute atomic E-state index is 0.0650. The summed E-state index contributed by atoms with van der Waals surface area (Å²) in [5.74, 6) is 0.865. The highest BCUT2D eigenvalue weighted by Gasteiger charge is 2.06. The van der Waals surface area contributed by atoms with E-state index in [9.17, 15) is 5.11 Å². The molecule has 3 heteroatoms. The first-order valence-electron chi connectivity index (χ1n) is 5.11. The highest BCUT2D eigenvalue weighted by Crippen LogP contribution is 2.23. The number of rotatable bonds is 3. The van der Waals surface area contributed by atoms with E-state index in [1.165, 1.54) is 0 Å². The van der Waals surface area contributed by atoms with Gasteiger partial charge in [-0.05, 0) is 36.8 Å². The second kappa shape index (κ2) is 4.66. The molecule has 0 saturated carbocycles. The molecule has 3 nitrogen and oxygen atoms in total. The van der Waals surface area contributed by atoms with Crippen LogP contribution < -0.4 is 4.74 Å². The SMILES string of the molecule is CC(Oc1cccc(O)c1)c1ccncc1. The van der Waals surface area contributed by atoms with E-state index in [1.807, 2.05) is 25.1 Å². The maximum Gasteiger partial charge on any atom is 0.123 e.